The predicted molar refractivity (Wildman–Crippen MR) is 148 cm³/mol. The van der Waals surface area contributed by atoms with Gasteiger partial charge in [0.1, 0.15) is 16.7 Å². The lowest BCUT2D eigenvalue weighted by molar-refractivity contribution is -0.140. The Hall–Kier alpha value is 0.190. The second-order valence-electron chi connectivity index (χ2n) is 7.24. The largest absolute Gasteiger partial charge is 0.459 e. The Morgan fingerprint density at radius 1 is 0.939 bits per heavy atom. The minimum atomic E-state index is -4.38. The molecule has 0 bridgehead atoms. The van der Waals surface area contributed by atoms with Crippen molar-refractivity contribution >= 4 is 115 Å². The summed E-state index contributed by atoms with van der Waals surface area (Å²) in [4.78, 5) is 25.0. The normalized spacial score (nSPS) is 18.6. The summed E-state index contributed by atoms with van der Waals surface area (Å²) < 4.78 is 46.0. The van der Waals surface area contributed by atoms with Gasteiger partial charge in [-0.25, -0.2) is 4.79 Å². The van der Waals surface area contributed by atoms with Gasteiger partial charge in [0.25, 0.3) is 10.1 Å². The molecule has 13 heteroatoms. The second-order valence-corrected chi connectivity index (χ2v) is 13.5. The van der Waals surface area contributed by atoms with Gasteiger partial charge in [-0.15, -0.1) is 0 Å². The van der Waals surface area contributed by atoms with Gasteiger partial charge in [-0.1, -0.05) is 15.9 Å². The van der Waals surface area contributed by atoms with Crippen LogP contribution >= 0.6 is 93.0 Å². The molecular formula is C20H15Br3I2O7S. The van der Waals surface area contributed by atoms with Crippen LogP contribution in [0.2, 0.25) is 0 Å². The number of rotatable bonds is 5. The quantitative estimate of drug-likeness (QED) is 0.153. The third-order valence-electron chi connectivity index (χ3n) is 4.94. The minimum Gasteiger partial charge on any atom is -0.459 e. The number of carbonyl (C=O) groups excluding carboxylic acids is 2. The number of esters is 2. The van der Waals surface area contributed by atoms with E-state index in [-0.39, 0.29) is 29.8 Å². The number of carbonyl (C=O) groups is 2. The van der Waals surface area contributed by atoms with Gasteiger partial charge in [0.15, 0.2) is 0 Å². The van der Waals surface area contributed by atoms with Crippen LogP contribution in [0.25, 0.3) is 0 Å². The zero-order valence-corrected chi connectivity index (χ0v) is 26.4. The number of benzene rings is 2. The average Bonchev–Trinajstić information content (AvgIpc) is 2.65. The summed E-state index contributed by atoms with van der Waals surface area (Å²) in [6.07, 6.45) is 1.73. The molecule has 0 radical (unpaired) electrons. The summed E-state index contributed by atoms with van der Waals surface area (Å²) in [5, 5.41) is 0. The topological polar surface area (TPSA) is 107 Å². The van der Waals surface area contributed by atoms with Crippen LogP contribution in [0, 0.1) is 13.1 Å². The van der Waals surface area contributed by atoms with E-state index < -0.39 is 22.1 Å². The fraction of sp³-hybridized carbons (Fsp3) is 0.300. The molecule has 1 fully saturated rings. The Bertz CT molecular complexity index is 1170. The van der Waals surface area contributed by atoms with Gasteiger partial charge >= 0.3 is 11.9 Å². The molecule has 1 aliphatic rings. The molecule has 0 unspecified atom stereocenters. The van der Waals surface area contributed by atoms with Gasteiger partial charge in [-0.2, -0.15) is 8.42 Å². The molecule has 2 aromatic rings. The van der Waals surface area contributed by atoms with Crippen molar-refractivity contribution in [3.63, 3.8) is 0 Å². The number of ether oxygens (including phenoxy) is 2. The van der Waals surface area contributed by atoms with E-state index in [2.05, 4.69) is 47.8 Å². The zero-order valence-electron chi connectivity index (χ0n) is 16.5. The molecule has 0 heterocycles. The number of hydrogen-bond acceptors (Lipinski definition) is 6. The molecule has 1 N–H and O–H groups in total. The predicted octanol–water partition coefficient (Wildman–Crippen LogP) is 6.75. The fourth-order valence-corrected chi connectivity index (χ4v) is 9.98. The maximum Gasteiger partial charge on any atom is 0.340 e. The molecule has 0 atom stereocenters. The van der Waals surface area contributed by atoms with Gasteiger partial charge < -0.3 is 9.47 Å². The van der Waals surface area contributed by atoms with Gasteiger partial charge in [0.05, 0.1) is 11.5 Å². The monoisotopic (exact) mass is 890 g/mol. The van der Waals surface area contributed by atoms with Crippen LogP contribution in [0.1, 0.15) is 36.0 Å². The molecule has 0 saturated heterocycles. The van der Waals surface area contributed by atoms with E-state index in [9.17, 15) is 22.6 Å². The van der Waals surface area contributed by atoms with Crippen molar-refractivity contribution in [1.82, 2.24) is 0 Å². The molecule has 0 amide bonds. The van der Waals surface area contributed by atoms with Crippen molar-refractivity contribution in [2.75, 3.05) is 0 Å². The first-order valence-electron chi connectivity index (χ1n) is 9.40. The molecule has 33 heavy (non-hydrogen) atoms. The smallest absolute Gasteiger partial charge is 0.340 e. The minimum absolute atomic E-state index is 0.208. The maximum absolute atomic E-state index is 12.6. The molecule has 3 rings (SSSR count). The van der Waals surface area contributed by atoms with E-state index in [1.54, 1.807) is 57.3 Å². The summed E-state index contributed by atoms with van der Waals surface area (Å²) in [5.41, 5.74) is 0.400. The molecule has 0 aromatic heterocycles. The summed E-state index contributed by atoms with van der Waals surface area (Å²) in [6, 6.07) is 6.31. The molecule has 0 spiro atoms. The Kier molecular flexibility index (Phi) is 9.68. The van der Waals surface area contributed by atoms with Gasteiger partial charge in [0.2, 0.25) is 0 Å². The third kappa shape index (κ3) is 7.12. The van der Waals surface area contributed by atoms with Crippen molar-refractivity contribution < 1.29 is 32.0 Å². The summed E-state index contributed by atoms with van der Waals surface area (Å²) >= 11 is 13.7. The summed E-state index contributed by atoms with van der Waals surface area (Å²) in [5.74, 6) is -1.03. The number of halogens is 5. The van der Waals surface area contributed by atoms with Gasteiger partial charge in [-0.3, -0.25) is 9.35 Å². The van der Waals surface area contributed by atoms with Crippen molar-refractivity contribution in [2.45, 2.75) is 36.7 Å². The standard InChI is InChI=1S/C20H15Br3I2O7S/c21-10-5-13(22)17(14(23)6-10)20(27)31-11-3-1-9(2-4-11)19(26)32-12-7-15(24)18(16(25)8-12)33(28,29)30/h5-9,11H,1-4H2,(H,28,29,30). The van der Waals surface area contributed by atoms with E-state index in [0.29, 0.717) is 40.2 Å². The fourth-order valence-electron chi connectivity index (χ4n) is 3.41. The molecule has 178 valence electrons. The van der Waals surface area contributed by atoms with E-state index in [1.807, 2.05) is 0 Å². The van der Waals surface area contributed by atoms with Crippen molar-refractivity contribution in [3.05, 3.63) is 50.4 Å². The van der Waals surface area contributed by atoms with Crippen molar-refractivity contribution in [3.8, 4) is 5.75 Å². The molecule has 1 saturated carbocycles. The number of hydrogen-bond donors (Lipinski definition) is 1. The zero-order chi connectivity index (χ0) is 24.5. The lowest BCUT2D eigenvalue weighted by Crippen LogP contribution is -2.30. The highest BCUT2D eigenvalue weighted by molar-refractivity contribution is 14.1. The van der Waals surface area contributed by atoms with E-state index >= 15 is 0 Å². The lowest BCUT2D eigenvalue weighted by Gasteiger charge is -2.27. The van der Waals surface area contributed by atoms with Crippen LogP contribution in [-0.2, 0) is 19.6 Å². The highest BCUT2D eigenvalue weighted by atomic mass is 127. The van der Waals surface area contributed by atoms with Crippen LogP contribution < -0.4 is 4.74 Å². The first-order valence-corrected chi connectivity index (χ1v) is 15.4. The molecule has 7 nitrogen and oxygen atoms in total. The van der Waals surface area contributed by atoms with Crippen LogP contribution in [0.5, 0.6) is 5.75 Å². The van der Waals surface area contributed by atoms with Gasteiger partial charge in [0, 0.05) is 20.6 Å². The summed E-state index contributed by atoms with van der Waals surface area (Å²) in [6.45, 7) is 0. The first kappa shape index (κ1) is 27.8. The average molecular weight is 893 g/mol. The molecule has 2 aromatic carbocycles. The maximum atomic E-state index is 12.6. The highest BCUT2D eigenvalue weighted by Gasteiger charge is 2.31. The van der Waals surface area contributed by atoms with Crippen LogP contribution in [-0.4, -0.2) is 31.0 Å². The van der Waals surface area contributed by atoms with Gasteiger partial charge in [-0.05, 0) is 127 Å². The van der Waals surface area contributed by atoms with Crippen LogP contribution in [0.4, 0.5) is 0 Å². The second kappa shape index (κ2) is 11.5. The van der Waals surface area contributed by atoms with E-state index in [4.69, 9.17) is 9.47 Å². The Balaban J connectivity index is 1.59. The van der Waals surface area contributed by atoms with E-state index in [1.165, 1.54) is 12.1 Å². The molecular weight excluding hydrogens is 878 g/mol. The van der Waals surface area contributed by atoms with Crippen LogP contribution in [0.3, 0.4) is 0 Å². The molecule has 0 aliphatic heterocycles. The highest BCUT2D eigenvalue weighted by Crippen LogP contribution is 2.34. The first-order chi connectivity index (χ1) is 15.4. The Morgan fingerprint density at radius 2 is 1.45 bits per heavy atom. The lowest BCUT2D eigenvalue weighted by atomic mass is 9.87. The van der Waals surface area contributed by atoms with Crippen molar-refractivity contribution in [1.29, 1.82) is 0 Å². The Labute approximate surface area is 243 Å². The summed E-state index contributed by atoms with van der Waals surface area (Å²) in [7, 11) is -4.38. The van der Waals surface area contributed by atoms with Crippen LogP contribution in [0.15, 0.2) is 42.6 Å². The third-order valence-corrected chi connectivity index (χ3v) is 10.0. The van der Waals surface area contributed by atoms with E-state index in [0.717, 1.165) is 4.47 Å². The van der Waals surface area contributed by atoms with Crippen molar-refractivity contribution in [2.24, 2.45) is 5.92 Å². The SMILES string of the molecule is O=C(OC1CCC(C(=O)Oc2cc(I)c(S(=O)(=O)O)c(I)c2)CC1)c1c(Br)cc(Br)cc1Br. The Morgan fingerprint density at radius 3 is 1.94 bits per heavy atom. The molecule has 1 aliphatic carbocycles.